The Kier molecular flexibility index (Phi) is 7.41. The van der Waals surface area contributed by atoms with E-state index < -0.39 is 18.1 Å². The molecule has 2 heterocycles. The van der Waals surface area contributed by atoms with Crippen molar-refractivity contribution in [3.8, 4) is 22.5 Å². The van der Waals surface area contributed by atoms with Gasteiger partial charge in [-0.1, -0.05) is 35.3 Å². The second-order valence-corrected chi connectivity index (χ2v) is 6.47. The average Bonchev–Trinajstić information content (AvgIpc) is 3.05. The van der Waals surface area contributed by atoms with Crippen molar-refractivity contribution >= 4 is 35.1 Å². The van der Waals surface area contributed by atoms with E-state index in [2.05, 4.69) is 9.97 Å². The quantitative estimate of drug-likeness (QED) is 0.586. The van der Waals surface area contributed by atoms with Crippen molar-refractivity contribution in [2.45, 2.75) is 12.7 Å². The summed E-state index contributed by atoms with van der Waals surface area (Å²) in [5.74, 6) is -3.72. The lowest BCUT2D eigenvalue weighted by atomic mass is 10.1. The summed E-state index contributed by atoms with van der Waals surface area (Å²) in [5, 5.41) is 17.3. The van der Waals surface area contributed by atoms with E-state index in [9.17, 15) is 18.0 Å². The van der Waals surface area contributed by atoms with Gasteiger partial charge in [0.1, 0.15) is 6.54 Å². The number of aromatic nitrogens is 3. The predicted octanol–water partition coefficient (Wildman–Crippen LogP) is 4.64. The SMILES string of the molecule is O=C(O)C(F)(F)F.O=C(O)Cn1cnc(-c2ccc(Cl)cc2)c1-c1ccncc1Cl. The molecule has 0 radical (unpaired) electrons. The van der Waals surface area contributed by atoms with Gasteiger partial charge in [0.2, 0.25) is 0 Å². The zero-order chi connectivity index (χ0) is 22.5. The van der Waals surface area contributed by atoms with E-state index in [1.807, 2.05) is 12.1 Å². The van der Waals surface area contributed by atoms with Crippen LogP contribution in [0.2, 0.25) is 10.0 Å². The Balaban J connectivity index is 0.000000396. The molecule has 0 saturated carbocycles. The number of carboxylic acids is 2. The van der Waals surface area contributed by atoms with E-state index in [1.54, 1.807) is 29.0 Å². The molecule has 158 valence electrons. The topological polar surface area (TPSA) is 105 Å². The molecule has 7 nitrogen and oxygen atoms in total. The number of imidazole rings is 1. The molecule has 0 saturated heterocycles. The highest BCUT2D eigenvalue weighted by molar-refractivity contribution is 6.33. The predicted molar refractivity (Wildman–Crippen MR) is 102 cm³/mol. The molecule has 0 amide bonds. The van der Waals surface area contributed by atoms with Gasteiger partial charge in [-0.2, -0.15) is 13.2 Å². The lowest BCUT2D eigenvalue weighted by Gasteiger charge is -2.10. The second-order valence-electron chi connectivity index (χ2n) is 5.63. The third-order valence-corrected chi connectivity index (χ3v) is 4.08. The summed E-state index contributed by atoms with van der Waals surface area (Å²) in [6.45, 7) is -0.214. The summed E-state index contributed by atoms with van der Waals surface area (Å²) in [7, 11) is 0. The Morgan fingerprint density at radius 2 is 1.67 bits per heavy atom. The average molecular weight is 462 g/mol. The molecule has 0 aliphatic heterocycles. The number of nitrogens with zero attached hydrogens (tertiary/aromatic N) is 3. The minimum atomic E-state index is -5.08. The lowest BCUT2D eigenvalue weighted by Crippen LogP contribution is -2.21. The van der Waals surface area contributed by atoms with Crippen LogP contribution in [0.1, 0.15) is 0 Å². The molecule has 3 aromatic rings. The van der Waals surface area contributed by atoms with Gasteiger partial charge in [0.15, 0.2) is 0 Å². The first-order valence-electron chi connectivity index (χ1n) is 7.93. The normalized spacial score (nSPS) is 10.8. The highest BCUT2D eigenvalue weighted by atomic mass is 35.5. The van der Waals surface area contributed by atoms with Crippen LogP contribution in [0, 0.1) is 0 Å². The minimum absolute atomic E-state index is 0.214. The smallest absolute Gasteiger partial charge is 0.480 e. The molecule has 0 spiro atoms. The van der Waals surface area contributed by atoms with E-state index in [0.29, 0.717) is 27.0 Å². The first kappa shape index (κ1) is 23.2. The molecule has 0 unspecified atom stereocenters. The van der Waals surface area contributed by atoms with Gasteiger partial charge in [-0.15, -0.1) is 0 Å². The number of hydrogen-bond acceptors (Lipinski definition) is 4. The summed E-state index contributed by atoms with van der Waals surface area (Å²) in [4.78, 5) is 28.3. The maximum atomic E-state index is 11.1. The number of alkyl halides is 3. The van der Waals surface area contributed by atoms with E-state index in [-0.39, 0.29) is 6.54 Å². The molecule has 0 aliphatic rings. The molecule has 0 bridgehead atoms. The molecule has 1 aromatic carbocycles. The summed E-state index contributed by atoms with van der Waals surface area (Å²) in [5.41, 5.74) is 2.75. The Labute approximate surface area is 177 Å². The van der Waals surface area contributed by atoms with Gasteiger partial charge >= 0.3 is 18.1 Å². The molecular weight excluding hydrogens is 450 g/mol. The van der Waals surface area contributed by atoms with Crippen LogP contribution in [0.3, 0.4) is 0 Å². The number of hydrogen-bond donors (Lipinski definition) is 2. The van der Waals surface area contributed by atoms with Crippen molar-refractivity contribution in [1.29, 1.82) is 0 Å². The fourth-order valence-electron chi connectivity index (χ4n) is 2.32. The largest absolute Gasteiger partial charge is 0.490 e. The van der Waals surface area contributed by atoms with Crippen LogP contribution >= 0.6 is 23.2 Å². The first-order chi connectivity index (χ1) is 14.0. The van der Waals surface area contributed by atoms with E-state index in [0.717, 1.165) is 5.56 Å². The maximum Gasteiger partial charge on any atom is 0.490 e. The van der Waals surface area contributed by atoms with Crippen LogP contribution in [-0.4, -0.2) is 42.9 Å². The van der Waals surface area contributed by atoms with E-state index in [4.69, 9.17) is 38.2 Å². The molecule has 30 heavy (non-hydrogen) atoms. The van der Waals surface area contributed by atoms with Gasteiger partial charge in [-0.05, 0) is 18.2 Å². The molecule has 2 N–H and O–H groups in total. The first-order valence-corrected chi connectivity index (χ1v) is 8.69. The van der Waals surface area contributed by atoms with Crippen LogP contribution in [0.25, 0.3) is 22.5 Å². The lowest BCUT2D eigenvalue weighted by molar-refractivity contribution is -0.192. The van der Waals surface area contributed by atoms with Gasteiger partial charge in [-0.25, -0.2) is 9.78 Å². The van der Waals surface area contributed by atoms with Gasteiger partial charge in [0.05, 0.1) is 22.7 Å². The summed E-state index contributed by atoms with van der Waals surface area (Å²) >= 11 is 12.2. The molecule has 12 heteroatoms. The standard InChI is InChI=1S/C16H11Cl2N3O2.C2HF3O2/c17-11-3-1-10(2-4-11)15-16(12-5-6-19-7-13(12)18)21(9-20-15)8-14(22)23;3-2(4,5)1(6)7/h1-7,9H,8H2,(H,22,23);(H,6,7). The van der Waals surface area contributed by atoms with Crippen LogP contribution in [0.4, 0.5) is 13.2 Å². The number of benzene rings is 1. The highest BCUT2D eigenvalue weighted by Crippen LogP contribution is 2.35. The molecular formula is C18H12Cl2F3N3O4. The number of rotatable bonds is 4. The summed E-state index contributed by atoms with van der Waals surface area (Å²) in [6.07, 6.45) is -0.476. The fourth-order valence-corrected chi connectivity index (χ4v) is 2.65. The van der Waals surface area contributed by atoms with Crippen molar-refractivity contribution < 1.29 is 33.0 Å². The molecule has 0 atom stereocenters. The number of halogens is 5. The van der Waals surface area contributed by atoms with E-state index in [1.165, 1.54) is 12.5 Å². The third kappa shape index (κ3) is 5.94. The molecule has 2 aromatic heterocycles. The van der Waals surface area contributed by atoms with Gasteiger partial charge in [-0.3, -0.25) is 9.78 Å². The minimum Gasteiger partial charge on any atom is -0.480 e. The monoisotopic (exact) mass is 461 g/mol. The number of aliphatic carboxylic acids is 2. The van der Waals surface area contributed by atoms with Gasteiger partial charge < -0.3 is 14.8 Å². The van der Waals surface area contributed by atoms with Crippen molar-refractivity contribution in [2.75, 3.05) is 0 Å². The summed E-state index contributed by atoms with van der Waals surface area (Å²) in [6, 6.07) is 8.90. The second kappa shape index (κ2) is 9.59. The Morgan fingerprint density at radius 3 is 2.17 bits per heavy atom. The van der Waals surface area contributed by atoms with Crippen LogP contribution in [0.5, 0.6) is 0 Å². The van der Waals surface area contributed by atoms with Crippen LogP contribution < -0.4 is 0 Å². The van der Waals surface area contributed by atoms with Crippen molar-refractivity contribution in [3.63, 3.8) is 0 Å². The van der Waals surface area contributed by atoms with E-state index >= 15 is 0 Å². The Morgan fingerprint density at radius 1 is 1.07 bits per heavy atom. The number of pyridine rings is 1. The number of carboxylic acid groups (broad SMARTS) is 2. The Bertz CT molecular complexity index is 1050. The zero-order valence-electron chi connectivity index (χ0n) is 14.8. The van der Waals surface area contributed by atoms with Crippen molar-refractivity contribution in [1.82, 2.24) is 14.5 Å². The van der Waals surface area contributed by atoms with Gasteiger partial charge in [0, 0.05) is 28.5 Å². The molecule has 3 rings (SSSR count). The number of carbonyl (C=O) groups is 2. The van der Waals surface area contributed by atoms with Crippen LogP contribution in [0.15, 0.2) is 49.1 Å². The molecule has 0 fully saturated rings. The van der Waals surface area contributed by atoms with Crippen LogP contribution in [-0.2, 0) is 16.1 Å². The maximum absolute atomic E-state index is 11.1. The highest BCUT2D eigenvalue weighted by Gasteiger charge is 2.38. The molecule has 0 aliphatic carbocycles. The summed E-state index contributed by atoms with van der Waals surface area (Å²) < 4.78 is 33.3. The van der Waals surface area contributed by atoms with Gasteiger partial charge in [0.25, 0.3) is 0 Å². The fraction of sp³-hybridized carbons (Fsp3) is 0.111. The Hall–Kier alpha value is -3.11. The van der Waals surface area contributed by atoms with Crippen molar-refractivity contribution in [3.05, 3.63) is 59.1 Å². The zero-order valence-corrected chi connectivity index (χ0v) is 16.3. The van der Waals surface area contributed by atoms with Crippen molar-refractivity contribution in [2.24, 2.45) is 0 Å². The third-order valence-electron chi connectivity index (χ3n) is 3.53.